The minimum absolute atomic E-state index is 0.00781. The zero-order valence-corrected chi connectivity index (χ0v) is 15.9. The lowest BCUT2D eigenvalue weighted by Crippen LogP contribution is -2.37. The molecule has 2 amide bonds. The van der Waals surface area contributed by atoms with Gasteiger partial charge in [0.25, 0.3) is 0 Å². The second-order valence-electron chi connectivity index (χ2n) is 7.74. The Kier molecular flexibility index (Phi) is 6.17. The van der Waals surface area contributed by atoms with Gasteiger partial charge in [-0.15, -0.1) is 0 Å². The number of likely N-dealkylation sites (tertiary alicyclic amines) is 1. The number of hydrogen-bond donors (Lipinski definition) is 1. The third-order valence-corrected chi connectivity index (χ3v) is 5.28. The van der Waals surface area contributed by atoms with Crippen LogP contribution in [0.15, 0.2) is 24.3 Å². The molecule has 1 aromatic carbocycles. The minimum atomic E-state index is -0.196. The lowest BCUT2D eigenvalue weighted by Gasteiger charge is -2.23. The lowest BCUT2D eigenvalue weighted by molar-refractivity contribution is -0.130. The van der Waals surface area contributed by atoms with Crippen LogP contribution in [0.3, 0.4) is 0 Å². The van der Waals surface area contributed by atoms with Crippen LogP contribution in [0.1, 0.15) is 51.5 Å². The maximum absolute atomic E-state index is 12.4. The van der Waals surface area contributed by atoms with E-state index in [2.05, 4.69) is 5.32 Å². The second-order valence-corrected chi connectivity index (χ2v) is 7.74. The summed E-state index contributed by atoms with van der Waals surface area (Å²) >= 11 is 0. The highest BCUT2D eigenvalue weighted by Gasteiger charge is 2.38. The van der Waals surface area contributed by atoms with Crippen molar-refractivity contribution in [3.05, 3.63) is 29.8 Å². The monoisotopic (exact) mass is 358 g/mol. The van der Waals surface area contributed by atoms with Crippen molar-refractivity contribution in [2.45, 2.75) is 64.5 Å². The zero-order chi connectivity index (χ0) is 18.5. The predicted molar refractivity (Wildman–Crippen MR) is 101 cm³/mol. The Labute approximate surface area is 156 Å². The van der Waals surface area contributed by atoms with Crippen molar-refractivity contribution in [3.8, 4) is 5.75 Å². The number of hydrogen-bond acceptors (Lipinski definition) is 3. The SMILES string of the molecule is CC(C)Oc1cccc(CCNC(=O)[C@@H]2CC(=O)N(C3CCCC3)C2)c1. The molecule has 0 bridgehead atoms. The van der Waals surface area contributed by atoms with E-state index in [0.717, 1.165) is 30.6 Å². The second kappa shape index (κ2) is 8.56. The third-order valence-electron chi connectivity index (χ3n) is 5.28. The predicted octanol–water partition coefficient (Wildman–Crippen LogP) is 2.92. The molecule has 26 heavy (non-hydrogen) atoms. The first-order valence-corrected chi connectivity index (χ1v) is 9.85. The molecule has 1 saturated carbocycles. The molecule has 3 rings (SSSR count). The molecule has 142 valence electrons. The van der Waals surface area contributed by atoms with Gasteiger partial charge in [0.15, 0.2) is 0 Å². The van der Waals surface area contributed by atoms with Crippen molar-refractivity contribution < 1.29 is 14.3 Å². The van der Waals surface area contributed by atoms with E-state index in [4.69, 9.17) is 4.74 Å². The van der Waals surface area contributed by atoms with Gasteiger partial charge in [-0.3, -0.25) is 9.59 Å². The Bertz CT molecular complexity index is 638. The van der Waals surface area contributed by atoms with Crippen LogP contribution in [0.5, 0.6) is 5.75 Å². The average Bonchev–Trinajstić information content (AvgIpc) is 3.23. The third kappa shape index (κ3) is 4.77. The van der Waals surface area contributed by atoms with Crippen LogP contribution in [-0.2, 0) is 16.0 Å². The number of benzene rings is 1. The van der Waals surface area contributed by atoms with Crippen molar-refractivity contribution in [1.82, 2.24) is 10.2 Å². The van der Waals surface area contributed by atoms with Crippen LogP contribution in [0, 0.1) is 5.92 Å². The Morgan fingerprint density at radius 3 is 2.81 bits per heavy atom. The summed E-state index contributed by atoms with van der Waals surface area (Å²) in [7, 11) is 0. The van der Waals surface area contributed by atoms with Gasteiger partial charge in [0.05, 0.1) is 12.0 Å². The van der Waals surface area contributed by atoms with Gasteiger partial charge in [-0.1, -0.05) is 25.0 Å². The average molecular weight is 358 g/mol. The van der Waals surface area contributed by atoms with E-state index < -0.39 is 0 Å². The van der Waals surface area contributed by atoms with Gasteiger partial charge in [0.1, 0.15) is 5.75 Å². The highest BCUT2D eigenvalue weighted by molar-refractivity contribution is 5.89. The van der Waals surface area contributed by atoms with Gasteiger partial charge in [0.2, 0.25) is 11.8 Å². The van der Waals surface area contributed by atoms with Crippen LogP contribution in [0.25, 0.3) is 0 Å². The van der Waals surface area contributed by atoms with E-state index in [1.165, 1.54) is 12.8 Å². The summed E-state index contributed by atoms with van der Waals surface area (Å²) in [6, 6.07) is 8.35. The summed E-state index contributed by atoms with van der Waals surface area (Å²) in [6.07, 6.45) is 5.85. The largest absolute Gasteiger partial charge is 0.491 e. The molecule has 0 aromatic heterocycles. The maximum Gasteiger partial charge on any atom is 0.225 e. The van der Waals surface area contributed by atoms with Crippen molar-refractivity contribution in [2.24, 2.45) is 5.92 Å². The van der Waals surface area contributed by atoms with Crippen molar-refractivity contribution in [2.75, 3.05) is 13.1 Å². The molecule has 1 heterocycles. The molecule has 5 heteroatoms. The fraction of sp³-hybridized carbons (Fsp3) is 0.619. The van der Waals surface area contributed by atoms with Crippen LogP contribution in [0.4, 0.5) is 0 Å². The van der Waals surface area contributed by atoms with Crippen LogP contribution in [0.2, 0.25) is 0 Å². The first kappa shape index (κ1) is 18.7. The fourth-order valence-corrected chi connectivity index (χ4v) is 4.00. The zero-order valence-electron chi connectivity index (χ0n) is 15.9. The van der Waals surface area contributed by atoms with E-state index in [9.17, 15) is 9.59 Å². The summed E-state index contributed by atoms with van der Waals surface area (Å²) in [5.41, 5.74) is 1.14. The van der Waals surface area contributed by atoms with Crippen LogP contribution < -0.4 is 10.1 Å². The fourth-order valence-electron chi connectivity index (χ4n) is 4.00. The van der Waals surface area contributed by atoms with E-state index in [-0.39, 0.29) is 23.8 Å². The Morgan fingerprint density at radius 2 is 2.08 bits per heavy atom. The van der Waals surface area contributed by atoms with Gasteiger partial charge in [-0.2, -0.15) is 0 Å². The molecule has 1 N–H and O–H groups in total. The summed E-state index contributed by atoms with van der Waals surface area (Å²) in [5.74, 6) is 0.820. The smallest absolute Gasteiger partial charge is 0.225 e. The highest BCUT2D eigenvalue weighted by Crippen LogP contribution is 2.29. The maximum atomic E-state index is 12.4. The number of amides is 2. The number of carbonyl (C=O) groups is 2. The Morgan fingerprint density at radius 1 is 1.31 bits per heavy atom. The molecule has 2 fully saturated rings. The number of carbonyl (C=O) groups excluding carboxylic acids is 2. The molecule has 2 aliphatic rings. The quantitative estimate of drug-likeness (QED) is 0.815. The van der Waals surface area contributed by atoms with Gasteiger partial charge >= 0.3 is 0 Å². The summed E-state index contributed by atoms with van der Waals surface area (Å²) in [6.45, 7) is 5.18. The molecule has 1 aliphatic heterocycles. The minimum Gasteiger partial charge on any atom is -0.491 e. The highest BCUT2D eigenvalue weighted by atomic mass is 16.5. The first-order valence-electron chi connectivity index (χ1n) is 9.85. The molecule has 1 atom stereocenters. The number of nitrogens with zero attached hydrogens (tertiary/aromatic N) is 1. The molecule has 1 aromatic rings. The van der Waals surface area contributed by atoms with Gasteiger partial charge < -0.3 is 15.0 Å². The summed E-state index contributed by atoms with van der Waals surface area (Å²) in [5, 5.41) is 3.01. The first-order chi connectivity index (χ1) is 12.5. The Balaban J connectivity index is 1.45. The topological polar surface area (TPSA) is 58.6 Å². The molecule has 1 aliphatic carbocycles. The molecule has 0 spiro atoms. The standard InChI is InChI=1S/C21H30N2O3/c1-15(2)26-19-9-5-6-16(12-19)10-11-22-21(25)17-13-20(24)23(14-17)18-7-3-4-8-18/h5-6,9,12,15,17-18H,3-4,7-8,10-11,13-14H2,1-2H3,(H,22,25)/t17-/m1/s1. The van der Waals surface area contributed by atoms with Crippen molar-refractivity contribution >= 4 is 11.8 Å². The van der Waals surface area contributed by atoms with E-state index in [1.54, 1.807) is 0 Å². The van der Waals surface area contributed by atoms with E-state index in [0.29, 0.717) is 25.6 Å². The molecular formula is C21H30N2O3. The van der Waals surface area contributed by atoms with Crippen molar-refractivity contribution in [3.63, 3.8) is 0 Å². The summed E-state index contributed by atoms with van der Waals surface area (Å²) < 4.78 is 5.71. The summed E-state index contributed by atoms with van der Waals surface area (Å²) in [4.78, 5) is 26.6. The van der Waals surface area contributed by atoms with E-state index >= 15 is 0 Å². The van der Waals surface area contributed by atoms with E-state index in [1.807, 2.05) is 43.0 Å². The lowest BCUT2D eigenvalue weighted by atomic mass is 10.1. The molecular weight excluding hydrogens is 328 g/mol. The van der Waals surface area contributed by atoms with Crippen LogP contribution >= 0.6 is 0 Å². The molecule has 5 nitrogen and oxygen atoms in total. The molecule has 0 unspecified atom stereocenters. The normalized spacial score (nSPS) is 20.8. The van der Waals surface area contributed by atoms with Gasteiger partial charge in [-0.05, 0) is 50.8 Å². The van der Waals surface area contributed by atoms with Crippen LogP contribution in [-0.4, -0.2) is 41.9 Å². The number of ether oxygens (including phenoxy) is 1. The number of nitrogens with one attached hydrogen (secondary N) is 1. The van der Waals surface area contributed by atoms with Gasteiger partial charge in [0, 0.05) is 25.6 Å². The van der Waals surface area contributed by atoms with Crippen molar-refractivity contribution in [1.29, 1.82) is 0 Å². The number of rotatable bonds is 7. The molecule has 1 saturated heterocycles. The van der Waals surface area contributed by atoms with Gasteiger partial charge in [-0.25, -0.2) is 0 Å². The Hall–Kier alpha value is -2.04. The molecule has 0 radical (unpaired) electrons.